The number of carbonyl (C=O) groups is 2. The molecule has 2 N–H and O–H groups in total. The third-order valence-electron chi connectivity index (χ3n) is 2.92. The number of benzene rings is 1. The maximum absolute atomic E-state index is 11.5. The van der Waals surface area contributed by atoms with Crippen LogP contribution in [0.1, 0.15) is 37.7 Å². The number of ether oxygens (including phenoxy) is 1. The minimum absolute atomic E-state index is 0.0285. The molecule has 5 nitrogen and oxygen atoms in total. The second kappa shape index (κ2) is 8.96. The third-order valence-corrected chi connectivity index (χ3v) is 2.92. The molecule has 0 aromatic heterocycles. The van der Waals surface area contributed by atoms with Crippen LogP contribution in [0.15, 0.2) is 30.3 Å². The Morgan fingerprint density at radius 3 is 2.60 bits per heavy atom. The molecule has 1 rings (SSSR count). The summed E-state index contributed by atoms with van der Waals surface area (Å²) in [4.78, 5) is 22.4. The maximum atomic E-state index is 11.5. The summed E-state index contributed by atoms with van der Waals surface area (Å²) in [5, 5.41) is 11.6. The van der Waals surface area contributed by atoms with E-state index in [1.807, 2.05) is 37.3 Å². The van der Waals surface area contributed by atoms with E-state index in [4.69, 9.17) is 9.84 Å². The molecule has 0 fully saturated rings. The Morgan fingerprint density at radius 1 is 1.30 bits per heavy atom. The fraction of sp³-hybridized carbons (Fsp3) is 0.467. The van der Waals surface area contributed by atoms with E-state index < -0.39 is 12.1 Å². The minimum Gasteiger partial charge on any atom is -0.481 e. The van der Waals surface area contributed by atoms with Crippen molar-refractivity contribution >= 4 is 12.1 Å². The number of hydrogen-bond donors (Lipinski definition) is 2. The van der Waals surface area contributed by atoms with Gasteiger partial charge in [-0.25, -0.2) is 4.79 Å². The zero-order valence-corrected chi connectivity index (χ0v) is 11.7. The number of aliphatic carboxylic acids is 1. The molecule has 0 radical (unpaired) electrons. The first kappa shape index (κ1) is 16.0. The Hall–Kier alpha value is -2.04. The van der Waals surface area contributed by atoms with Crippen molar-refractivity contribution in [3.63, 3.8) is 0 Å². The first-order chi connectivity index (χ1) is 9.63. The lowest BCUT2D eigenvalue weighted by Gasteiger charge is -2.16. The lowest BCUT2D eigenvalue weighted by atomic mass is 9.96. The van der Waals surface area contributed by atoms with E-state index in [0.29, 0.717) is 6.61 Å². The van der Waals surface area contributed by atoms with Gasteiger partial charge in [-0.15, -0.1) is 0 Å². The highest BCUT2D eigenvalue weighted by Crippen LogP contribution is 2.18. The Bertz CT molecular complexity index is 419. The van der Waals surface area contributed by atoms with Gasteiger partial charge in [-0.1, -0.05) is 43.7 Å². The van der Waals surface area contributed by atoms with Crippen molar-refractivity contribution < 1.29 is 19.4 Å². The van der Waals surface area contributed by atoms with Crippen LogP contribution in [0.2, 0.25) is 0 Å². The second-order valence-corrected chi connectivity index (χ2v) is 4.58. The van der Waals surface area contributed by atoms with Gasteiger partial charge in [-0.05, 0) is 12.0 Å². The third kappa shape index (κ3) is 6.22. The van der Waals surface area contributed by atoms with E-state index in [1.54, 1.807) is 0 Å². The number of alkyl carbamates (subject to hydrolysis) is 1. The molecular formula is C15H21NO4. The van der Waals surface area contributed by atoms with Crippen LogP contribution in [0.5, 0.6) is 0 Å². The van der Waals surface area contributed by atoms with Gasteiger partial charge >= 0.3 is 12.1 Å². The van der Waals surface area contributed by atoms with Crippen molar-refractivity contribution in [2.75, 3.05) is 13.2 Å². The van der Waals surface area contributed by atoms with E-state index in [1.165, 1.54) is 0 Å². The van der Waals surface area contributed by atoms with Crippen LogP contribution < -0.4 is 5.32 Å². The molecule has 5 heteroatoms. The molecule has 0 spiro atoms. The molecule has 0 aliphatic heterocycles. The quantitative estimate of drug-likeness (QED) is 0.717. The molecule has 0 aliphatic carbocycles. The van der Waals surface area contributed by atoms with Crippen molar-refractivity contribution in [2.45, 2.75) is 32.1 Å². The number of carboxylic acids is 1. The van der Waals surface area contributed by atoms with Gasteiger partial charge in [0.2, 0.25) is 0 Å². The number of rotatable bonds is 8. The summed E-state index contributed by atoms with van der Waals surface area (Å²) >= 11 is 0. The average Bonchev–Trinajstić information content (AvgIpc) is 2.44. The molecule has 110 valence electrons. The van der Waals surface area contributed by atoms with E-state index >= 15 is 0 Å². The topological polar surface area (TPSA) is 75.6 Å². The average molecular weight is 279 g/mol. The van der Waals surface area contributed by atoms with E-state index in [2.05, 4.69) is 5.32 Å². The number of hydrogen-bond acceptors (Lipinski definition) is 3. The SMILES string of the molecule is CCCCOC(=O)NCC(CC(=O)O)c1ccccc1. The summed E-state index contributed by atoms with van der Waals surface area (Å²) in [5.74, 6) is -1.15. The van der Waals surface area contributed by atoms with Crippen molar-refractivity contribution in [3.05, 3.63) is 35.9 Å². The first-order valence-electron chi connectivity index (χ1n) is 6.80. The summed E-state index contributed by atoms with van der Waals surface area (Å²) in [6.45, 7) is 2.65. The zero-order valence-electron chi connectivity index (χ0n) is 11.7. The zero-order chi connectivity index (χ0) is 14.8. The number of amides is 1. The number of nitrogens with one attached hydrogen (secondary N) is 1. The van der Waals surface area contributed by atoms with Crippen LogP contribution >= 0.6 is 0 Å². The summed E-state index contributed by atoms with van der Waals surface area (Å²) in [6.07, 6.45) is 1.26. The number of carbonyl (C=O) groups excluding carboxylic acids is 1. The van der Waals surface area contributed by atoms with Gasteiger partial charge < -0.3 is 15.2 Å². The first-order valence-corrected chi connectivity index (χ1v) is 6.80. The molecule has 0 saturated carbocycles. The Morgan fingerprint density at radius 2 is 2.00 bits per heavy atom. The van der Waals surface area contributed by atoms with Crippen LogP contribution in [-0.2, 0) is 9.53 Å². The van der Waals surface area contributed by atoms with Gasteiger partial charge in [0.1, 0.15) is 0 Å². The molecule has 0 heterocycles. The van der Waals surface area contributed by atoms with Crippen LogP contribution in [0, 0.1) is 0 Å². The number of unbranched alkanes of at least 4 members (excludes halogenated alkanes) is 1. The number of carboxylic acid groups (broad SMARTS) is 1. The van der Waals surface area contributed by atoms with Gasteiger partial charge in [0, 0.05) is 12.5 Å². The van der Waals surface area contributed by atoms with Crippen molar-refractivity contribution in [1.29, 1.82) is 0 Å². The lowest BCUT2D eigenvalue weighted by molar-refractivity contribution is -0.137. The lowest BCUT2D eigenvalue weighted by Crippen LogP contribution is -2.30. The molecule has 1 atom stereocenters. The molecular weight excluding hydrogens is 258 g/mol. The fourth-order valence-electron chi connectivity index (χ4n) is 1.81. The van der Waals surface area contributed by atoms with Crippen LogP contribution in [0.3, 0.4) is 0 Å². The van der Waals surface area contributed by atoms with Crippen molar-refractivity contribution in [1.82, 2.24) is 5.32 Å². The van der Waals surface area contributed by atoms with Gasteiger partial charge in [-0.2, -0.15) is 0 Å². The van der Waals surface area contributed by atoms with Crippen LogP contribution in [-0.4, -0.2) is 30.3 Å². The van der Waals surface area contributed by atoms with Gasteiger partial charge in [0.15, 0.2) is 0 Å². The fourth-order valence-corrected chi connectivity index (χ4v) is 1.81. The Balaban J connectivity index is 2.49. The second-order valence-electron chi connectivity index (χ2n) is 4.58. The predicted octanol–water partition coefficient (Wildman–Crippen LogP) is 2.77. The Labute approximate surface area is 118 Å². The van der Waals surface area contributed by atoms with E-state index in [-0.39, 0.29) is 18.9 Å². The van der Waals surface area contributed by atoms with Gasteiger partial charge in [0.05, 0.1) is 13.0 Å². The molecule has 0 bridgehead atoms. The molecule has 1 aromatic rings. The van der Waals surface area contributed by atoms with Gasteiger partial charge in [0.25, 0.3) is 0 Å². The van der Waals surface area contributed by atoms with Crippen LogP contribution in [0.4, 0.5) is 4.79 Å². The van der Waals surface area contributed by atoms with Crippen molar-refractivity contribution in [2.24, 2.45) is 0 Å². The molecule has 1 unspecified atom stereocenters. The normalized spacial score (nSPS) is 11.7. The highest BCUT2D eigenvalue weighted by Gasteiger charge is 2.16. The summed E-state index contributed by atoms with van der Waals surface area (Å²) in [6, 6.07) is 9.29. The van der Waals surface area contributed by atoms with E-state index in [0.717, 1.165) is 18.4 Å². The highest BCUT2D eigenvalue weighted by molar-refractivity contribution is 5.69. The standard InChI is InChI=1S/C15H21NO4/c1-2-3-9-20-15(19)16-11-13(10-14(17)18)12-7-5-4-6-8-12/h4-8,13H,2-3,9-11H2,1H3,(H,16,19)(H,17,18). The van der Waals surface area contributed by atoms with E-state index in [9.17, 15) is 9.59 Å². The maximum Gasteiger partial charge on any atom is 0.407 e. The Kier molecular flexibility index (Phi) is 7.17. The smallest absolute Gasteiger partial charge is 0.407 e. The minimum atomic E-state index is -0.889. The molecule has 20 heavy (non-hydrogen) atoms. The summed E-state index contributed by atoms with van der Waals surface area (Å²) in [5.41, 5.74) is 0.892. The summed E-state index contributed by atoms with van der Waals surface area (Å²) < 4.78 is 4.98. The molecule has 1 amide bonds. The largest absolute Gasteiger partial charge is 0.481 e. The summed E-state index contributed by atoms with van der Waals surface area (Å²) in [7, 11) is 0. The predicted molar refractivity (Wildman–Crippen MR) is 75.7 cm³/mol. The van der Waals surface area contributed by atoms with Crippen LogP contribution in [0.25, 0.3) is 0 Å². The molecule has 0 saturated heterocycles. The van der Waals surface area contributed by atoms with Crippen molar-refractivity contribution in [3.8, 4) is 0 Å². The highest BCUT2D eigenvalue weighted by atomic mass is 16.5. The van der Waals surface area contributed by atoms with Gasteiger partial charge in [-0.3, -0.25) is 4.79 Å². The molecule has 0 aliphatic rings. The molecule has 1 aromatic carbocycles. The monoisotopic (exact) mass is 279 g/mol.